The highest BCUT2D eigenvalue weighted by atomic mass is 32.1. The van der Waals surface area contributed by atoms with E-state index in [1.54, 1.807) is 10.8 Å². The van der Waals surface area contributed by atoms with Gasteiger partial charge in [0.2, 0.25) is 5.88 Å². The average Bonchev–Trinajstić information content (AvgIpc) is 3.13. The molecule has 1 aliphatic heterocycles. The van der Waals surface area contributed by atoms with Crippen LogP contribution in [0.15, 0.2) is 40.0 Å². The number of aryl methyl sites for hydroxylation is 1. The molecule has 0 fully saturated rings. The van der Waals surface area contributed by atoms with Crippen LogP contribution in [-0.2, 0) is 13.0 Å². The Labute approximate surface area is 144 Å². The molecule has 0 saturated carbocycles. The van der Waals surface area contributed by atoms with Crippen LogP contribution in [0.1, 0.15) is 29.9 Å². The van der Waals surface area contributed by atoms with E-state index in [2.05, 4.69) is 41.4 Å². The maximum atomic E-state index is 10.3. The summed E-state index contributed by atoms with van der Waals surface area (Å²) in [5, 5.41) is 18.5. The fourth-order valence-electron chi connectivity index (χ4n) is 2.42. The second-order valence-electron chi connectivity index (χ2n) is 5.14. The summed E-state index contributed by atoms with van der Waals surface area (Å²) >= 11 is 6.67. The van der Waals surface area contributed by atoms with Gasteiger partial charge >= 0.3 is 0 Å². The van der Waals surface area contributed by atoms with E-state index in [-0.39, 0.29) is 5.88 Å². The lowest BCUT2D eigenvalue weighted by molar-refractivity contribution is 0.419. The smallest absolute Gasteiger partial charge is 0.210 e. The summed E-state index contributed by atoms with van der Waals surface area (Å²) < 4.78 is 2.38. The van der Waals surface area contributed by atoms with Gasteiger partial charge in [-0.05, 0) is 37.2 Å². The van der Waals surface area contributed by atoms with Crippen molar-refractivity contribution in [2.45, 2.75) is 26.8 Å². The van der Waals surface area contributed by atoms with Crippen molar-refractivity contribution in [3.63, 3.8) is 0 Å². The topological polar surface area (TPSA) is 49.9 Å². The first-order valence-electron chi connectivity index (χ1n) is 7.49. The van der Waals surface area contributed by atoms with Gasteiger partial charge in [-0.2, -0.15) is 5.10 Å². The molecule has 1 N–H and O–H groups in total. The fraction of sp³-hybridized carbons (Fsp3) is 0.235. The van der Waals surface area contributed by atoms with Crippen molar-refractivity contribution in [1.29, 1.82) is 0 Å². The molecule has 0 amide bonds. The molecule has 3 rings (SSSR count). The summed E-state index contributed by atoms with van der Waals surface area (Å²) in [4.78, 5) is 0.734. The Morgan fingerprint density at radius 2 is 2.00 bits per heavy atom. The quantitative estimate of drug-likeness (QED) is 0.834. The average molecular weight is 343 g/mol. The van der Waals surface area contributed by atoms with Crippen molar-refractivity contribution in [1.82, 2.24) is 4.57 Å². The molecule has 0 bridgehead atoms. The van der Waals surface area contributed by atoms with Crippen LogP contribution in [0.5, 0.6) is 5.88 Å². The summed E-state index contributed by atoms with van der Waals surface area (Å²) in [5.41, 5.74) is 4.00. The summed E-state index contributed by atoms with van der Waals surface area (Å²) in [6.45, 7) is 4.74. The Balaban J connectivity index is 1.97. The monoisotopic (exact) mass is 343 g/mol. The van der Waals surface area contributed by atoms with Crippen LogP contribution in [-0.4, -0.2) is 21.6 Å². The van der Waals surface area contributed by atoms with E-state index in [1.807, 2.05) is 13.0 Å². The van der Waals surface area contributed by atoms with Crippen molar-refractivity contribution in [3.8, 4) is 5.88 Å². The molecule has 0 spiro atoms. The summed E-state index contributed by atoms with van der Waals surface area (Å²) in [6, 6.07) is 8.31. The molecule has 118 valence electrons. The van der Waals surface area contributed by atoms with E-state index in [0.717, 1.165) is 28.1 Å². The van der Waals surface area contributed by atoms with Crippen molar-refractivity contribution in [2.75, 3.05) is 0 Å². The lowest BCUT2D eigenvalue weighted by Crippen LogP contribution is -2.02. The number of benzene rings is 1. The Morgan fingerprint density at radius 1 is 1.26 bits per heavy atom. The highest BCUT2D eigenvalue weighted by molar-refractivity contribution is 7.73. The first kappa shape index (κ1) is 15.8. The zero-order valence-electron chi connectivity index (χ0n) is 13.0. The van der Waals surface area contributed by atoms with Gasteiger partial charge in [0.15, 0.2) is 3.95 Å². The molecule has 0 atom stereocenters. The summed E-state index contributed by atoms with van der Waals surface area (Å²) in [6.07, 6.45) is 4.61. The molecule has 2 heterocycles. The Kier molecular flexibility index (Phi) is 4.54. The molecule has 23 heavy (non-hydrogen) atoms. The van der Waals surface area contributed by atoms with E-state index in [0.29, 0.717) is 10.5 Å². The van der Waals surface area contributed by atoms with Crippen LogP contribution in [0.4, 0.5) is 0 Å². The second-order valence-corrected chi connectivity index (χ2v) is 6.82. The molecule has 2 aromatic rings. The zero-order chi connectivity index (χ0) is 16.4. The number of aromatic nitrogens is 1. The molecule has 0 unspecified atom stereocenters. The molecular formula is C17H17N3OS2. The first-order valence-corrected chi connectivity index (χ1v) is 8.71. The SMILES string of the molecule is CCc1ccc(C2=NN=CC2=Cc2sc(=S)n(CC)c2O)cc1. The van der Waals surface area contributed by atoms with Gasteiger partial charge in [-0.25, -0.2) is 0 Å². The molecule has 0 radical (unpaired) electrons. The van der Waals surface area contributed by atoms with Gasteiger partial charge in [0.25, 0.3) is 0 Å². The van der Waals surface area contributed by atoms with Gasteiger partial charge in [-0.15, -0.1) is 16.4 Å². The molecule has 4 nitrogen and oxygen atoms in total. The first-order chi connectivity index (χ1) is 11.1. The third-order valence-electron chi connectivity index (χ3n) is 3.76. The number of rotatable bonds is 4. The molecule has 0 aliphatic carbocycles. The predicted octanol–water partition coefficient (Wildman–Crippen LogP) is 4.44. The van der Waals surface area contributed by atoms with Crippen LogP contribution in [0.25, 0.3) is 6.08 Å². The number of allylic oxidation sites excluding steroid dienone is 1. The highest BCUT2D eigenvalue weighted by Gasteiger charge is 2.16. The summed E-state index contributed by atoms with van der Waals surface area (Å²) in [5.74, 6) is 0.205. The van der Waals surface area contributed by atoms with Crippen molar-refractivity contribution < 1.29 is 5.11 Å². The van der Waals surface area contributed by atoms with Gasteiger partial charge in [-0.3, -0.25) is 4.57 Å². The van der Waals surface area contributed by atoms with Gasteiger partial charge in [0.05, 0.1) is 11.1 Å². The van der Waals surface area contributed by atoms with Crippen LogP contribution < -0.4 is 0 Å². The van der Waals surface area contributed by atoms with Gasteiger partial charge < -0.3 is 5.11 Å². The number of hydrogen-bond donors (Lipinski definition) is 1. The Bertz CT molecular complexity index is 870. The largest absolute Gasteiger partial charge is 0.493 e. The van der Waals surface area contributed by atoms with E-state index >= 15 is 0 Å². The number of hydrogen-bond acceptors (Lipinski definition) is 5. The molecule has 6 heteroatoms. The van der Waals surface area contributed by atoms with Crippen LogP contribution in [0.3, 0.4) is 0 Å². The van der Waals surface area contributed by atoms with E-state index in [9.17, 15) is 5.11 Å². The molecular weight excluding hydrogens is 326 g/mol. The maximum absolute atomic E-state index is 10.3. The van der Waals surface area contributed by atoms with Gasteiger partial charge in [0.1, 0.15) is 5.71 Å². The van der Waals surface area contributed by atoms with Crippen molar-refractivity contribution in [3.05, 3.63) is 49.8 Å². The molecule has 1 aliphatic rings. The minimum absolute atomic E-state index is 0.205. The molecule has 1 aromatic heterocycles. The highest BCUT2D eigenvalue weighted by Crippen LogP contribution is 2.29. The Morgan fingerprint density at radius 3 is 2.61 bits per heavy atom. The molecule has 0 saturated heterocycles. The van der Waals surface area contributed by atoms with E-state index < -0.39 is 0 Å². The normalized spacial score (nSPS) is 15.4. The number of thiazole rings is 1. The van der Waals surface area contributed by atoms with E-state index in [4.69, 9.17) is 12.2 Å². The number of nitrogens with zero attached hydrogens (tertiary/aromatic N) is 3. The van der Waals surface area contributed by atoms with Crippen LogP contribution >= 0.6 is 23.6 Å². The van der Waals surface area contributed by atoms with E-state index in [1.165, 1.54) is 16.9 Å². The van der Waals surface area contributed by atoms with Crippen molar-refractivity contribution >= 4 is 41.6 Å². The minimum Gasteiger partial charge on any atom is -0.493 e. The van der Waals surface area contributed by atoms with Gasteiger partial charge in [-0.1, -0.05) is 31.2 Å². The van der Waals surface area contributed by atoms with Crippen LogP contribution in [0, 0.1) is 3.95 Å². The zero-order valence-corrected chi connectivity index (χ0v) is 14.6. The lowest BCUT2D eigenvalue weighted by atomic mass is 10.0. The minimum atomic E-state index is 0.205. The fourth-order valence-corrected chi connectivity index (χ4v) is 3.81. The second kappa shape index (κ2) is 6.60. The third kappa shape index (κ3) is 3.04. The molecule has 1 aromatic carbocycles. The van der Waals surface area contributed by atoms with Crippen molar-refractivity contribution in [2.24, 2.45) is 10.2 Å². The third-order valence-corrected chi connectivity index (χ3v) is 5.15. The van der Waals surface area contributed by atoms with Crippen LogP contribution in [0.2, 0.25) is 0 Å². The van der Waals surface area contributed by atoms with Gasteiger partial charge in [0, 0.05) is 17.7 Å². The predicted molar refractivity (Wildman–Crippen MR) is 99.3 cm³/mol. The lowest BCUT2D eigenvalue weighted by Gasteiger charge is -2.04. The number of aromatic hydroxyl groups is 1. The Hall–Kier alpha value is -2.05. The summed E-state index contributed by atoms with van der Waals surface area (Å²) in [7, 11) is 0. The standard InChI is InChI=1S/C17H17N3OS2/c1-3-11-5-7-12(8-6-11)15-13(10-18-19-15)9-14-16(21)20(4-2)17(22)23-14/h5-10,21H,3-4H2,1-2H3. The maximum Gasteiger partial charge on any atom is 0.210 e.